The number of rotatable bonds is 5. The predicted octanol–water partition coefficient (Wildman–Crippen LogP) is 3.62. The van der Waals surface area contributed by atoms with Crippen molar-refractivity contribution < 1.29 is 18.3 Å². The smallest absolute Gasteiger partial charge is 0.251 e. The zero-order valence-corrected chi connectivity index (χ0v) is 15.6. The zero-order valence-electron chi connectivity index (χ0n) is 15.6. The third-order valence-corrected chi connectivity index (χ3v) is 6.09. The summed E-state index contributed by atoms with van der Waals surface area (Å²) in [5.41, 5.74) is 1.81. The van der Waals surface area contributed by atoms with Gasteiger partial charge in [0.15, 0.2) is 0 Å². The van der Waals surface area contributed by atoms with Gasteiger partial charge >= 0.3 is 0 Å². The standard InChI is InChI=1S/C21H28F2N2O2/c22-21(23)8-4-16(5-9-21)25-20(26)15-3-1-2-14(12-15)18-13-19(18)24-17-6-10-27-11-7-17/h1-3,12,16-19,24H,4-11,13H2,(H,25,26)/t18-,19+/m0/s1. The van der Waals surface area contributed by atoms with Crippen LogP contribution in [0.5, 0.6) is 0 Å². The van der Waals surface area contributed by atoms with Gasteiger partial charge in [-0.2, -0.15) is 0 Å². The van der Waals surface area contributed by atoms with E-state index in [1.165, 1.54) is 5.56 Å². The number of amides is 1. The summed E-state index contributed by atoms with van der Waals surface area (Å²) >= 11 is 0. The second-order valence-corrected chi connectivity index (χ2v) is 8.23. The largest absolute Gasteiger partial charge is 0.381 e. The molecular formula is C21H28F2N2O2. The summed E-state index contributed by atoms with van der Waals surface area (Å²) in [6.45, 7) is 1.66. The lowest BCUT2D eigenvalue weighted by atomic mass is 9.92. The fourth-order valence-electron chi connectivity index (χ4n) is 4.28. The first-order chi connectivity index (χ1) is 13.0. The summed E-state index contributed by atoms with van der Waals surface area (Å²) in [6.07, 6.45) is 3.63. The highest BCUT2D eigenvalue weighted by Crippen LogP contribution is 2.41. The Hall–Kier alpha value is -1.53. The summed E-state index contributed by atoms with van der Waals surface area (Å²) < 4.78 is 31.9. The van der Waals surface area contributed by atoms with Gasteiger partial charge in [-0.25, -0.2) is 8.78 Å². The van der Waals surface area contributed by atoms with Crippen LogP contribution in [0.3, 0.4) is 0 Å². The van der Waals surface area contributed by atoms with Gasteiger partial charge in [-0.05, 0) is 49.8 Å². The van der Waals surface area contributed by atoms with Crippen molar-refractivity contribution in [2.45, 2.75) is 74.9 Å². The molecule has 1 aliphatic heterocycles. The monoisotopic (exact) mass is 378 g/mol. The van der Waals surface area contributed by atoms with Crippen molar-refractivity contribution in [2.24, 2.45) is 0 Å². The third-order valence-electron chi connectivity index (χ3n) is 6.09. The molecule has 2 N–H and O–H groups in total. The second kappa shape index (κ2) is 7.84. The van der Waals surface area contributed by atoms with E-state index in [9.17, 15) is 13.6 Å². The summed E-state index contributed by atoms with van der Waals surface area (Å²) in [4.78, 5) is 12.5. The number of halogens is 2. The average molecular weight is 378 g/mol. The van der Waals surface area contributed by atoms with Gasteiger partial charge in [0.1, 0.15) is 0 Å². The van der Waals surface area contributed by atoms with E-state index in [1.54, 1.807) is 6.07 Å². The number of ether oxygens (including phenoxy) is 1. The van der Waals surface area contributed by atoms with Crippen molar-refractivity contribution in [3.8, 4) is 0 Å². The topological polar surface area (TPSA) is 50.4 Å². The molecule has 3 fully saturated rings. The molecule has 3 aliphatic rings. The van der Waals surface area contributed by atoms with Crippen molar-refractivity contribution in [3.63, 3.8) is 0 Å². The van der Waals surface area contributed by atoms with Gasteiger partial charge < -0.3 is 15.4 Å². The minimum Gasteiger partial charge on any atom is -0.381 e. The van der Waals surface area contributed by atoms with Crippen LogP contribution in [0.2, 0.25) is 0 Å². The number of benzene rings is 1. The maximum atomic E-state index is 13.3. The van der Waals surface area contributed by atoms with E-state index >= 15 is 0 Å². The Morgan fingerprint density at radius 2 is 1.81 bits per heavy atom. The number of carbonyl (C=O) groups excluding carboxylic acids is 1. The predicted molar refractivity (Wildman–Crippen MR) is 99.2 cm³/mol. The molecule has 0 unspecified atom stereocenters. The van der Waals surface area contributed by atoms with Gasteiger partial charge in [0, 0.05) is 55.7 Å². The number of alkyl halides is 2. The van der Waals surface area contributed by atoms with E-state index < -0.39 is 5.92 Å². The van der Waals surface area contributed by atoms with Gasteiger partial charge in [-0.3, -0.25) is 4.79 Å². The maximum Gasteiger partial charge on any atom is 0.251 e. The van der Waals surface area contributed by atoms with Crippen molar-refractivity contribution in [1.82, 2.24) is 10.6 Å². The molecule has 1 saturated heterocycles. The van der Waals surface area contributed by atoms with Gasteiger partial charge in [0.05, 0.1) is 0 Å². The Labute approximate surface area is 159 Å². The van der Waals surface area contributed by atoms with Crippen LogP contribution in [-0.2, 0) is 4.74 Å². The average Bonchev–Trinajstić information content (AvgIpc) is 3.43. The molecule has 1 heterocycles. The minimum atomic E-state index is -2.57. The first-order valence-corrected chi connectivity index (χ1v) is 10.1. The fraction of sp³-hybridized carbons (Fsp3) is 0.667. The Bertz CT molecular complexity index is 666. The molecule has 0 bridgehead atoms. The van der Waals surface area contributed by atoms with Crippen LogP contribution in [0.25, 0.3) is 0 Å². The van der Waals surface area contributed by atoms with Crippen molar-refractivity contribution in [3.05, 3.63) is 35.4 Å². The first kappa shape index (κ1) is 18.8. The summed E-state index contributed by atoms with van der Waals surface area (Å²) in [6, 6.07) is 8.63. The summed E-state index contributed by atoms with van der Waals surface area (Å²) in [5, 5.41) is 6.65. The molecule has 2 saturated carbocycles. The molecule has 4 rings (SSSR count). The quantitative estimate of drug-likeness (QED) is 0.823. The van der Waals surface area contributed by atoms with Crippen molar-refractivity contribution in [2.75, 3.05) is 13.2 Å². The molecule has 0 radical (unpaired) electrons. The summed E-state index contributed by atoms with van der Waals surface area (Å²) in [7, 11) is 0. The van der Waals surface area contributed by atoms with Crippen LogP contribution in [0.15, 0.2) is 24.3 Å². The third kappa shape index (κ3) is 4.85. The molecule has 6 heteroatoms. The summed E-state index contributed by atoms with van der Waals surface area (Å²) in [5.74, 6) is -2.27. The normalized spacial score (nSPS) is 28.7. The fourth-order valence-corrected chi connectivity index (χ4v) is 4.28. The Morgan fingerprint density at radius 1 is 1.07 bits per heavy atom. The highest BCUT2D eigenvalue weighted by molar-refractivity contribution is 5.94. The van der Waals surface area contributed by atoms with Gasteiger partial charge in [-0.1, -0.05) is 12.1 Å². The molecular weight excluding hydrogens is 350 g/mol. The highest BCUT2D eigenvalue weighted by Gasteiger charge is 2.40. The Balaban J connectivity index is 1.31. The van der Waals surface area contributed by atoms with E-state index in [4.69, 9.17) is 4.74 Å². The number of carbonyl (C=O) groups is 1. The molecule has 27 heavy (non-hydrogen) atoms. The van der Waals surface area contributed by atoms with E-state index in [0.717, 1.165) is 32.5 Å². The zero-order chi connectivity index (χ0) is 18.9. The van der Waals surface area contributed by atoms with Crippen molar-refractivity contribution in [1.29, 1.82) is 0 Å². The molecule has 1 aromatic rings. The van der Waals surface area contributed by atoms with Crippen LogP contribution >= 0.6 is 0 Å². The van der Waals surface area contributed by atoms with Gasteiger partial charge in [0.25, 0.3) is 5.91 Å². The number of nitrogens with one attached hydrogen (secondary N) is 2. The highest BCUT2D eigenvalue weighted by atomic mass is 19.3. The molecule has 1 amide bonds. The molecule has 148 valence electrons. The SMILES string of the molecule is O=C(NC1CCC(F)(F)CC1)c1cccc([C@@H]2C[C@H]2NC2CCOCC2)c1. The number of hydrogen-bond acceptors (Lipinski definition) is 3. The minimum absolute atomic E-state index is 0.139. The van der Waals surface area contributed by atoms with Crippen LogP contribution < -0.4 is 10.6 Å². The second-order valence-electron chi connectivity index (χ2n) is 8.23. The first-order valence-electron chi connectivity index (χ1n) is 10.1. The molecule has 0 spiro atoms. The van der Waals surface area contributed by atoms with Gasteiger partial charge in [0.2, 0.25) is 5.92 Å². The maximum absolute atomic E-state index is 13.3. The van der Waals surface area contributed by atoms with Crippen LogP contribution in [-0.4, -0.2) is 43.2 Å². The molecule has 4 nitrogen and oxygen atoms in total. The number of hydrogen-bond donors (Lipinski definition) is 2. The molecule has 0 aromatic heterocycles. The van der Waals surface area contributed by atoms with Crippen LogP contribution in [0, 0.1) is 0 Å². The van der Waals surface area contributed by atoms with Crippen LogP contribution in [0.4, 0.5) is 8.78 Å². The lowest BCUT2D eigenvalue weighted by molar-refractivity contribution is -0.0399. The van der Waals surface area contributed by atoms with E-state index in [0.29, 0.717) is 36.4 Å². The lowest BCUT2D eigenvalue weighted by Crippen LogP contribution is -2.40. The molecule has 1 aromatic carbocycles. The molecule has 2 atom stereocenters. The van der Waals surface area contributed by atoms with E-state index in [2.05, 4.69) is 16.7 Å². The Morgan fingerprint density at radius 3 is 2.56 bits per heavy atom. The van der Waals surface area contributed by atoms with Crippen molar-refractivity contribution >= 4 is 5.91 Å². The van der Waals surface area contributed by atoms with E-state index in [-0.39, 0.29) is 24.8 Å². The van der Waals surface area contributed by atoms with Crippen LogP contribution in [0.1, 0.15) is 66.8 Å². The lowest BCUT2D eigenvalue weighted by Gasteiger charge is -2.28. The molecule has 2 aliphatic carbocycles. The van der Waals surface area contributed by atoms with E-state index in [1.807, 2.05) is 12.1 Å². The Kier molecular flexibility index (Phi) is 5.46. The van der Waals surface area contributed by atoms with Gasteiger partial charge in [-0.15, -0.1) is 0 Å².